The van der Waals surface area contributed by atoms with Crippen LogP contribution in [-0.4, -0.2) is 57.8 Å². The van der Waals surface area contributed by atoms with Crippen LogP contribution in [0.5, 0.6) is 0 Å². The van der Waals surface area contributed by atoms with Gasteiger partial charge in [-0.3, -0.25) is 4.79 Å². The van der Waals surface area contributed by atoms with Crippen molar-refractivity contribution < 1.29 is 9.53 Å². The number of rotatable bonds is 7. The predicted octanol–water partition coefficient (Wildman–Crippen LogP) is 1.41. The van der Waals surface area contributed by atoms with Crippen LogP contribution in [0.3, 0.4) is 0 Å². The highest BCUT2D eigenvalue weighted by atomic mass is 16.5. The number of hydrogen-bond donors (Lipinski definition) is 0. The third-order valence-electron chi connectivity index (χ3n) is 3.14. The van der Waals surface area contributed by atoms with Crippen LogP contribution in [0, 0.1) is 5.92 Å². The van der Waals surface area contributed by atoms with E-state index in [2.05, 4.69) is 29.4 Å². The van der Waals surface area contributed by atoms with E-state index in [1.165, 1.54) is 11.0 Å². The van der Waals surface area contributed by atoms with E-state index in [1.807, 2.05) is 17.0 Å². The first-order valence-electron chi connectivity index (χ1n) is 7.23. The summed E-state index contributed by atoms with van der Waals surface area (Å²) in [4.78, 5) is 14.5. The molecule has 7 heteroatoms. The molecule has 0 aliphatic heterocycles. The van der Waals surface area contributed by atoms with Crippen molar-refractivity contribution in [3.05, 3.63) is 36.2 Å². The molecule has 1 aromatic carbocycles. The molecule has 0 unspecified atom stereocenters. The van der Waals surface area contributed by atoms with Gasteiger partial charge in [-0.05, 0) is 34.5 Å². The van der Waals surface area contributed by atoms with E-state index in [4.69, 9.17) is 4.74 Å². The zero-order chi connectivity index (χ0) is 15.9. The first kappa shape index (κ1) is 16.1. The minimum Gasteiger partial charge on any atom is -0.383 e. The number of carbonyl (C=O) groups excluding carboxylic acids is 1. The van der Waals surface area contributed by atoms with Gasteiger partial charge in [-0.2, -0.15) is 0 Å². The summed E-state index contributed by atoms with van der Waals surface area (Å²) in [6, 6.07) is 7.28. The Morgan fingerprint density at radius 3 is 2.86 bits per heavy atom. The molecule has 0 radical (unpaired) electrons. The van der Waals surface area contributed by atoms with Crippen molar-refractivity contribution in [2.75, 3.05) is 26.8 Å². The summed E-state index contributed by atoms with van der Waals surface area (Å²) in [6.07, 6.45) is 1.50. The third-order valence-corrected chi connectivity index (χ3v) is 3.14. The molecule has 0 aliphatic rings. The van der Waals surface area contributed by atoms with Crippen molar-refractivity contribution in [2.45, 2.75) is 13.8 Å². The van der Waals surface area contributed by atoms with Crippen LogP contribution in [0.25, 0.3) is 5.69 Å². The molecule has 0 spiro atoms. The van der Waals surface area contributed by atoms with Crippen LogP contribution in [-0.2, 0) is 4.74 Å². The third kappa shape index (κ3) is 4.11. The number of aromatic nitrogens is 4. The number of methoxy groups -OCH3 is 1. The lowest BCUT2D eigenvalue weighted by Gasteiger charge is -2.24. The number of ether oxygens (including phenoxy) is 1. The van der Waals surface area contributed by atoms with Gasteiger partial charge in [-0.15, -0.1) is 5.10 Å². The minimum absolute atomic E-state index is 0.0133. The number of carbonyl (C=O) groups is 1. The lowest BCUT2D eigenvalue weighted by atomic mass is 10.1. The molecule has 0 atom stereocenters. The Balaban J connectivity index is 2.20. The molecular formula is C15H21N5O2. The molecule has 0 aliphatic carbocycles. The number of hydrogen-bond acceptors (Lipinski definition) is 5. The molecule has 22 heavy (non-hydrogen) atoms. The van der Waals surface area contributed by atoms with E-state index in [0.717, 1.165) is 5.69 Å². The first-order valence-corrected chi connectivity index (χ1v) is 7.23. The molecule has 2 rings (SSSR count). The summed E-state index contributed by atoms with van der Waals surface area (Å²) in [5.74, 6) is 0.379. The topological polar surface area (TPSA) is 73.1 Å². The highest BCUT2D eigenvalue weighted by Gasteiger charge is 2.17. The molecule has 1 heterocycles. The summed E-state index contributed by atoms with van der Waals surface area (Å²) in [7, 11) is 1.64. The van der Waals surface area contributed by atoms with Gasteiger partial charge < -0.3 is 9.64 Å². The molecule has 0 saturated carbocycles. The number of tetrazole rings is 1. The lowest BCUT2D eigenvalue weighted by Crippen LogP contribution is -2.36. The first-order chi connectivity index (χ1) is 10.6. The van der Waals surface area contributed by atoms with Crippen LogP contribution in [0.2, 0.25) is 0 Å². The smallest absolute Gasteiger partial charge is 0.254 e. The van der Waals surface area contributed by atoms with Crippen LogP contribution >= 0.6 is 0 Å². The monoisotopic (exact) mass is 303 g/mol. The average molecular weight is 303 g/mol. The van der Waals surface area contributed by atoms with E-state index < -0.39 is 0 Å². The van der Waals surface area contributed by atoms with E-state index in [1.54, 1.807) is 19.2 Å². The van der Waals surface area contributed by atoms with Crippen molar-refractivity contribution in [1.29, 1.82) is 0 Å². The zero-order valence-electron chi connectivity index (χ0n) is 13.1. The Kier molecular flexibility index (Phi) is 5.60. The minimum atomic E-state index is -0.0133. The highest BCUT2D eigenvalue weighted by molar-refractivity contribution is 5.94. The molecule has 0 fully saturated rings. The van der Waals surface area contributed by atoms with Crippen molar-refractivity contribution in [3.8, 4) is 5.69 Å². The Morgan fingerprint density at radius 1 is 1.41 bits per heavy atom. The second-order valence-corrected chi connectivity index (χ2v) is 5.44. The Morgan fingerprint density at radius 2 is 2.23 bits per heavy atom. The number of nitrogens with zero attached hydrogens (tertiary/aromatic N) is 5. The fourth-order valence-electron chi connectivity index (χ4n) is 2.16. The normalized spacial score (nSPS) is 10.9. The van der Waals surface area contributed by atoms with Crippen molar-refractivity contribution in [3.63, 3.8) is 0 Å². The van der Waals surface area contributed by atoms with E-state index in [0.29, 0.717) is 31.2 Å². The predicted molar refractivity (Wildman–Crippen MR) is 81.8 cm³/mol. The Labute approximate surface area is 129 Å². The van der Waals surface area contributed by atoms with Crippen LogP contribution in [0.15, 0.2) is 30.6 Å². The molecule has 1 aromatic heterocycles. The zero-order valence-corrected chi connectivity index (χ0v) is 13.1. The van der Waals surface area contributed by atoms with Gasteiger partial charge in [0.25, 0.3) is 5.91 Å². The molecule has 0 bridgehead atoms. The van der Waals surface area contributed by atoms with E-state index >= 15 is 0 Å². The average Bonchev–Trinajstić information content (AvgIpc) is 3.05. The molecule has 118 valence electrons. The van der Waals surface area contributed by atoms with E-state index in [9.17, 15) is 4.79 Å². The van der Waals surface area contributed by atoms with Crippen molar-refractivity contribution >= 4 is 5.91 Å². The second-order valence-electron chi connectivity index (χ2n) is 5.44. The number of benzene rings is 1. The Bertz CT molecular complexity index is 598. The molecule has 0 saturated heterocycles. The molecule has 7 nitrogen and oxygen atoms in total. The lowest BCUT2D eigenvalue weighted by molar-refractivity contribution is 0.0672. The SMILES string of the molecule is COCCN(CC(C)C)C(=O)c1cccc(-n2cnnn2)c1. The van der Waals surface area contributed by atoms with Crippen molar-refractivity contribution in [1.82, 2.24) is 25.1 Å². The van der Waals surface area contributed by atoms with E-state index in [-0.39, 0.29) is 5.91 Å². The summed E-state index contributed by atoms with van der Waals surface area (Å²) < 4.78 is 6.62. The molecule has 2 aromatic rings. The Hall–Kier alpha value is -2.28. The van der Waals surface area contributed by atoms with Gasteiger partial charge in [0.2, 0.25) is 0 Å². The number of amides is 1. The van der Waals surface area contributed by atoms with Crippen molar-refractivity contribution in [2.24, 2.45) is 5.92 Å². The quantitative estimate of drug-likeness (QED) is 0.773. The summed E-state index contributed by atoms with van der Waals surface area (Å²) in [6.45, 7) is 5.96. The van der Waals surface area contributed by atoms with Gasteiger partial charge in [0.1, 0.15) is 6.33 Å². The van der Waals surface area contributed by atoms with Crippen LogP contribution in [0.4, 0.5) is 0 Å². The fraction of sp³-hybridized carbons (Fsp3) is 0.467. The largest absolute Gasteiger partial charge is 0.383 e. The molecule has 1 amide bonds. The van der Waals surface area contributed by atoms with Gasteiger partial charge in [-0.1, -0.05) is 19.9 Å². The summed E-state index contributed by atoms with van der Waals surface area (Å²) >= 11 is 0. The standard InChI is InChI=1S/C15H21N5O2/c1-12(2)10-19(7-8-22-3)15(21)13-5-4-6-14(9-13)20-11-16-17-18-20/h4-6,9,11-12H,7-8,10H2,1-3H3. The van der Waals surface area contributed by atoms with Gasteiger partial charge in [0.15, 0.2) is 0 Å². The second kappa shape index (κ2) is 7.65. The molecular weight excluding hydrogens is 282 g/mol. The van der Waals surface area contributed by atoms with Crippen LogP contribution in [0.1, 0.15) is 24.2 Å². The van der Waals surface area contributed by atoms with Gasteiger partial charge in [0, 0.05) is 25.8 Å². The summed E-state index contributed by atoms with van der Waals surface area (Å²) in [5, 5.41) is 11.1. The van der Waals surface area contributed by atoms with Gasteiger partial charge in [-0.25, -0.2) is 4.68 Å². The fourth-order valence-corrected chi connectivity index (χ4v) is 2.16. The van der Waals surface area contributed by atoms with Gasteiger partial charge >= 0.3 is 0 Å². The maximum atomic E-state index is 12.7. The van der Waals surface area contributed by atoms with Gasteiger partial charge in [0.05, 0.1) is 12.3 Å². The highest BCUT2D eigenvalue weighted by Crippen LogP contribution is 2.12. The summed E-state index contributed by atoms with van der Waals surface area (Å²) in [5.41, 5.74) is 1.37. The maximum Gasteiger partial charge on any atom is 0.254 e. The maximum absolute atomic E-state index is 12.7. The molecule has 0 N–H and O–H groups in total. The van der Waals surface area contributed by atoms with Crippen LogP contribution < -0.4 is 0 Å².